The average molecular weight is 245 g/mol. The van der Waals surface area contributed by atoms with Gasteiger partial charge in [0, 0.05) is 17.6 Å². The van der Waals surface area contributed by atoms with Crippen LogP contribution in [0.5, 0.6) is 0 Å². The fraction of sp³-hybridized carbons (Fsp3) is 0.357. The molecule has 1 aromatic carbocycles. The summed E-state index contributed by atoms with van der Waals surface area (Å²) in [6, 6.07) is 9.69. The normalized spacial score (nSPS) is 11.1. The third-order valence-corrected chi connectivity index (χ3v) is 2.57. The van der Waals surface area contributed by atoms with Crippen LogP contribution in [0.25, 0.3) is 10.9 Å². The average Bonchev–Trinajstić information content (AvgIpc) is 2.34. The number of hydrogen-bond acceptors (Lipinski definition) is 4. The van der Waals surface area contributed by atoms with Crippen LogP contribution in [0.3, 0.4) is 0 Å². The lowest BCUT2D eigenvalue weighted by Gasteiger charge is -2.09. The Morgan fingerprint density at radius 3 is 2.89 bits per heavy atom. The molecule has 0 fully saturated rings. The van der Waals surface area contributed by atoms with Gasteiger partial charge in [-0.25, -0.2) is 4.98 Å². The monoisotopic (exact) mass is 245 g/mol. The van der Waals surface area contributed by atoms with Crippen LogP contribution in [0.4, 0.5) is 11.5 Å². The molecule has 0 bridgehead atoms. The number of nitrogens with zero attached hydrogens (tertiary/aromatic N) is 1. The molecule has 0 unspecified atom stereocenters. The van der Waals surface area contributed by atoms with Gasteiger partial charge in [-0.3, -0.25) is 0 Å². The van der Waals surface area contributed by atoms with Crippen LogP contribution >= 0.6 is 0 Å². The number of aromatic nitrogens is 1. The minimum Gasteiger partial charge on any atom is -0.399 e. The maximum atomic E-state index is 5.73. The van der Waals surface area contributed by atoms with Gasteiger partial charge in [0.25, 0.3) is 0 Å². The second-order valence-electron chi connectivity index (χ2n) is 4.49. The highest BCUT2D eigenvalue weighted by molar-refractivity contribution is 5.83. The number of nitrogens with two attached hydrogens (primary N) is 1. The minimum atomic E-state index is 0.263. The Morgan fingerprint density at radius 1 is 1.28 bits per heavy atom. The minimum absolute atomic E-state index is 0.263. The molecule has 0 saturated carbocycles. The van der Waals surface area contributed by atoms with Crippen molar-refractivity contribution in [2.45, 2.75) is 20.0 Å². The van der Waals surface area contributed by atoms with E-state index in [0.717, 1.165) is 29.0 Å². The Kier molecular flexibility index (Phi) is 3.99. The van der Waals surface area contributed by atoms with Gasteiger partial charge in [-0.15, -0.1) is 0 Å². The second-order valence-corrected chi connectivity index (χ2v) is 4.49. The van der Waals surface area contributed by atoms with E-state index in [-0.39, 0.29) is 6.10 Å². The van der Waals surface area contributed by atoms with Crippen molar-refractivity contribution in [1.29, 1.82) is 0 Å². The van der Waals surface area contributed by atoms with Gasteiger partial charge in [0.2, 0.25) is 0 Å². The number of fused-ring (bicyclic) bond motifs is 1. The van der Waals surface area contributed by atoms with Crippen molar-refractivity contribution in [2.24, 2.45) is 0 Å². The summed E-state index contributed by atoms with van der Waals surface area (Å²) >= 11 is 0. The Hall–Kier alpha value is -1.81. The summed E-state index contributed by atoms with van der Waals surface area (Å²) in [6.45, 7) is 5.49. The zero-order valence-corrected chi connectivity index (χ0v) is 10.8. The van der Waals surface area contributed by atoms with Crippen molar-refractivity contribution in [3.8, 4) is 0 Å². The van der Waals surface area contributed by atoms with Gasteiger partial charge in [0.15, 0.2) is 0 Å². The SMILES string of the molecule is CC(C)OCCNc1ccc2cc(N)ccc2n1. The lowest BCUT2D eigenvalue weighted by Crippen LogP contribution is -2.13. The molecule has 0 aliphatic carbocycles. The number of nitrogen functional groups attached to an aromatic ring is 1. The van der Waals surface area contributed by atoms with Gasteiger partial charge in [0.1, 0.15) is 5.82 Å². The van der Waals surface area contributed by atoms with Gasteiger partial charge >= 0.3 is 0 Å². The number of benzene rings is 1. The summed E-state index contributed by atoms with van der Waals surface area (Å²) in [7, 11) is 0. The van der Waals surface area contributed by atoms with Crippen LogP contribution in [0, 0.1) is 0 Å². The Morgan fingerprint density at radius 2 is 2.11 bits per heavy atom. The molecule has 4 nitrogen and oxygen atoms in total. The van der Waals surface area contributed by atoms with E-state index in [2.05, 4.69) is 10.3 Å². The molecule has 2 rings (SSSR count). The molecule has 0 spiro atoms. The van der Waals surface area contributed by atoms with Gasteiger partial charge in [-0.1, -0.05) is 0 Å². The smallest absolute Gasteiger partial charge is 0.126 e. The van der Waals surface area contributed by atoms with Crippen LogP contribution in [0.15, 0.2) is 30.3 Å². The molecule has 0 aliphatic rings. The number of nitrogens with one attached hydrogen (secondary N) is 1. The van der Waals surface area contributed by atoms with E-state index in [0.29, 0.717) is 6.61 Å². The van der Waals surface area contributed by atoms with Crippen molar-refractivity contribution in [3.05, 3.63) is 30.3 Å². The molecule has 4 heteroatoms. The zero-order valence-electron chi connectivity index (χ0n) is 10.8. The van der Waals surface area contributed by atoms with Crippen molar-refractivity contribution < 1.29 is 4.74 Å². The molecule has 0 atom stereocenters. The number of ether oxygens (including phenoxy) is 1. The third kappa shape index (κ3) is 3.34. The first-order chi connectivity index (χ1) is 8.65. The Balaban J connectivity index is 1.99. The molecular formula is C14H19N3O. The highest BCUT2D eigenvalue weighted by Crippen LogP contribution is 2.17. The van der Waals surface area contributed by atoms with E-state index in [1.54, 1.807) is 0 Å². The lowest BCUT2D eigenvalue weighted by atomic mass is 10.2. The standard InChI is InChI=1S/C14H19N3O/c1-10(2)18-8-7-16-14-6-3-11-9-12(15)4-5-13(11)17-14/h3-6,9-10H,7-8,15H2,1-2H3,(H,16,17). The summed E-state index contributed by atoms with van der Waals surface area (Å²) in [4.78, 5) is 4.51. The van der Waals surface area contributed by atoms with Gasteiger partial charge in [0.05, 0.1) is 18.2 Å². The zero-order chi connectivity index (χ0) is 13.0. The van der Waals surface area contributed by atoms with Gasteiger partial charge in [-0.2, -0.15) is 0 Å². The first kappa shape index (κ1) is 12.6. The van der Waals surface area contributed by atoms with E-state index in [1.807, 2.05) is 44.2 Å². The number of pyridine rings is 1. The van der Waals surface area contributed by atoms with Crippen molar-refractivity contribution in [1.82, 2.24) is 4.98 Å². The first-order valence-corrected chi connectivity index (χ1v) is 6.17. The molecule has 2 aromatic rings. The van der Waals surface area contributed by atoms with E-state index in [4.69, 9.17) is 10.5 Å². The lowest BCUT2D eigenvalue weighted by molar-refractivity contribution is 0.0870. The maximum Gasteiger partial charge on any atom is 0.126 e. The van der Waals surface area contributed by atoms with Crippen molar-refractivity contribution in [2.75, 3.05) is 24.2 Å². The molecule has 3 N–H and O–H groups in total. The number of rotatable bonds is 5. The van der Waals surface area contributed by atoms with Crippen LogP contribution in [-0.2, 0) is 4.74 Å². The molecular weight excluding hydrogens is 226 g/mol. The summed E-state index contributed by atoms with van der Waals surface area (Å²) in [5.74, 6) is 0.861. The van der Waals surface area contributed by atoms with Crippen molar-refractivity contribution in [3.63, 3.8) is 0 Å². The van der Waals surface area contributed by atoms with Crippen LogP contribution in [-0.4, -0.2) is 24.2 Å². The van der Waals surface area contributed by atoms with Gasteiger partial charge in [-0.05, 0) is 44.2 Å². The van der Waals surface area contributed by atoms with Crippen molar-refractivity contribution >= 4 is 22.4 Å². The summed E-state index contributed by atoms with van der Waals surface area (Å²) in [5, 5.41) is 4.29. The van der Waals surface area contributed by atoms with E-state index < -0.39 is 0 Å². The van der Waals surface area contributed by atoms with E-state index >= 15 is 0 Å². The highest BCUT2D eigenvalue weighted by Gasteiger charge is 1.99. The fourth-order valence-electron chi connectivity index (χ4n) is 1.72. The van der Waals surface area contributed by atoms with E-state index in [9.17, 15) is 0 Å². The molecule has 0 radical (unpaired) electrons. The summed E-state index contributed by atoms with van der Waals surface area (Å²) in [6.07, 6.45) is 0.263. The van der Waals surface area contributed by atoms with Crippen LogP contribution < -0.4 is 11.1 Å². The maximum absolute atomic E-state index is 5.73. The molecule has 0 amide bonds. The topological polar surface area (TPSA) is 60.2 Å². The van der Waals surface area contributed by atoms with Crippen LogP contribution in [0.2, 0.25) is 0 Å². The molecule has 1 heterocycles. The molecule has 0 saturated heterocycles. The molecule has 1 aromatic heterocycles. The van der Waals surface area contributed by atoms with Crippen LogP contribution in [0.1, 0.15) is 13.8 Å². The molecule has 96 valence electrons. The molecule has 18 heavy (non-hydrogen) atoms. The molecule has 0 aliphatic heterocycles. The van der Waals surface area contributed by atoms with Gasteiger partial charge < -0.3 is 15.8 Å². The summed E-state index contributed by atoms with van der Waals surface area (Å²) in [5.41, 5.74) is 7.43. The predicted octanol–water partition coefficient (Wildman–Crippen LogP) is 2.65. The second kappa shape index (κ2) is 5.69. The largest absolute Gasteiger partial charge is 0.399 e. The Bertz CT molecular complexity index is 525. The summed E-state index contributed by atoms with van der Waals surface area (Å²) < 4.78 is 5.46. The quantitative estimate of drug-likeness (QED) is 0.628. The third-order valence-electron chi connectivity index (χ3n) is 2.57. The fourth-order valence-corrected chi connectivity index (χ4v) is 1.72. The Labute approximate surface area is 107 Å². The van der Waals surface area contributed by atoms with E-state index in [1.165, 1.54) is 0 Å². The number of hydrogen-bond donors (Lipinski definition) is 2. The highest BCUT2D eigenvalue weighted by atomic mass is 16.5. The predicted molar refractivity (Wildman–Crippen MR) is 75.7 cm³/mol. The number of anilines is 2. The first-order valence-electron chi connectivity index (χ1n) is 6.17.